The predicted octanol–water partition coefficient (Wildman–Crippen LogP) is 2.64. The lowest BCUT2D eigenvalue weighted by atomic mass is 10.00. The van der Waals surface area contributed by atoms with Crippen LogP contribution in [0.5, 0.6) is 0 Å². The second kappa shape index (κ2) is 8.35. The van der Waals surface area contributed by atoms with Crippen molar-refractivity contribution in [2.24, 2.45) is 0 Å². The van der Waals surface area contributed by atoms with Gasteiger partial charge in [0.25, 0.3) is 5.56 Å². The Hall–Kier alpha value is -2.70. The third-order valence-electron chi connectivity index (χ3n) is 5.37. The maximum absolute atomic E-state index is 12.8. The Balaban J connectivity index is 1.45. The first-order valence-corrected chi connectivity index (χ1v) is 10.2. The lowest BCUT2D eigenvalue weighted by Gasteiger charge is -2.30. The molecule has 0 amide bonds. The van der Waals surface area contributed by atoms with E-state index in [1.54, 1.807) is 6.20 Å². The summed E-state index contributed by atoms with van der Waals surface area (Å²) < 4.78 is 1.38. The van der Waals surface area contributed by atoms with Crippen LogP contribution in [0.1, 0.15) is 25.0 Å². The molecule has 0 spiro atoms. The lowest BCUT2D eigenvalue weighted by Crippen LogP contribution is -2.40. The summed E-state index contributed by atoms with van der Waals surface area (Å²) >= 11 is 0. The van der Waals surface area contributed by atoms with Gasteiger partial charge in [0.1, 0.15) is 0 Å². The number of hydrogen-bond donors (Lipinski definition) is 2. The largest absolute Gasteiger partial charge is 0.390 e. The number of hydrogen-bond acceptors (Lipinski definition) is 5. The van der Waals surface area contributed by atoms with Crippen molar-refractivity contribution in [3.63, 3.8) is 0 Å². The van der Waals surface area contributed by atoms with E-state index in [0.717, 1.165) is 30.6 Å². The van der Waals surface area contributed by atoms with Crippen LogP contribution >= 0.6 is 0 Å². The number of benzene rings is 2. The molecule has 1 aromatic heterocycles. The predicted molar refractivity (Wildman–Crippen MR) is 116 cm³/mol. The number of nitrogens with zero attached hydrogens (tertiary/aromatic N) is 3. The minimum Gasteiger partial charge on any atom is -0.390 e. The van der Waals surface area contributed by atoms with Crippen LogP contribution in [-0.4, -0.2) is 45.0 Å². The topological polar surface area (TPSA) is 70.4 Å². The molecule has 0 radical (unpaired) electrons. The van der Waals surface area contributed by atoms with Crippen molar-refractivity contribution >= 4 is 16.5 Å². The number of nitrogens with one attached hydrogen (secondary N) is 1. The fraction of sp³-hybridized carbons (Fsp3) is 0.391. The van der Waals surface area contributed by atoms with Crippen LogP contribution in [0.2, 0.25) is 0 Å². The number of aliphatic hydroxyl groups is 1. The van der Waals surface area contributed by atoms with Crippen LogP contribution < -0.4 is 10.9 Å². The van der Waals surface area contributed by atoms with Crippen molar-refractivity contribution in [1.82, 2.24) is 14.7 Å². The van der Waals surface area contributed by atoms with Crippen molar-refractivity contribution in [1.29, 1.82) is 0 Å². The van der Waals surface area contributed by atoms with Gasteiger partial charge in [-0.25, -0.2) is 4.68 Å². The third kappa shape index (κ3) is 4.49. The molecule has 4 rings (SSSR count). The van der Waals surface area contributed by atoms with E-state index in [2.05, 4.69) is 53.4 Å². The van der Waals surface area contributed by atoms with Gasteiger partial charge in [-0.3, -0.25) is 9.69 Å². The number of aliphatic hydroxyl groups excluding tert-OH is 1. The maximum Gasteiger partial charge on any atom is 0.274 e. The molecule has 0 unspecified atom stereocenters. The lowest BCUT2D eigenvalue weighted by molar-refractivity contribution is 0.0878. The summed E-state index contributed by atoms with van der Waals surface area (Å²) in [6.45, 7) is 6.61. The molecule has 2 aromatic carbocycles. The Bertz CT molecular complexity index is 1060. The average Bonchev–Trinajstić information content (AvgIpc) is 2.69. The van der Waals surface area contributed by atoms with E-state index in [9.17, 15) is 9.90 Å². The van der Waals surface area contributed by atoms with Crippen molar-refractivity contribution in [2.45, 2.75) is 45.5 Å². The second-order valence-corrected chi connectivity index (χ2v) is 8.14. The van der Waals surface area contributed by atoms with E-state index in [1.165, 1.54) is 15.8 Å². The van der Waals surface area contributed by atoms with Gasteiger partial charge in [0.2, 0.25) is 0 Å². The Morgan fingerprint density at radius 1 is 1.14 bits per heavy atom. The number of β-amino-alcohol motifs (C(OH)–C–C–N with tert-alkyl or cyclic N) is 1. The molecular formula is C23H28N4O2. The second-order valence-electron chi connectivity index (χ2n) is 8.14. The van der Waals surface area contributed by atoms with Crippen molar-refractivity contribution in [3.05, 3.63) is 70.1 Å². The number of fused-ring (bicyclic) bond motifs is 2. The van der Waals surface area contributed by atoms with Crippen molar-refractivity contribution < 1.29 is 5.11 Å². The number of anilines is 1. The minimum atomic E-state index is -0.648. The summed E-state index contributed by atoms with van der Waals surface area (Å²) in [5.41, 5.74) is 3.51. The van der Waals surface area contributed by atoms with Crippen LogP contribution in [0.15, 0.2) is 53.5 Å². The molecule has 0 saturated heterocycles. The first-order chi connectivity index (χ1) is 14.0. The van der Waals surface area contributed by atoms with Crippen LogP contribution in [-0.2, 0) is 19.5 Å². The van der Waals surface area contributed by atoms with Gasteiger partial charge >= 0.3 is 0 Å². The Kier molecular flexibility index (Phi) is 5.65. The molecule has 0 bridgehead atoms. The fourth-order valence-corrected chi connectivity index (χ4v) is 4.01. The molecule has 1 aliphatic rings. The van der Waals surface area contributed by atoms with E-state index in [0.29, 0.717) is 18.0 Å². The van der Waals surface area contributed by atoms with Gasteiger partial charge in [0, 0.05) is 36.7 Å². The summed E-state index contributed by atoms with van der Waals surface area (Å²) in [6, 6.07) is 14.4. The fourth-order valence-electron chi connectivity index (χ4n) is 4.01. The standard InChI is InChI=1S/C23H28N4O2/c1-16(2)25-20-7-8-22-19(11-20)12-24-27(23(22)29)15-21(28)14-26-10-9-17-5-3-4-6-18(17)13-26/h3-8,11-12,16,21,25,28H,9-10,13-15H2,1-2H3/t21-/m1/s1. The monoisotopic (exact) mass is 392 g/mol. The Labute approximate surface area is 170 Å². The van der Waals surface area contributed by atoms with Gasteiger partial charge < -0.3 is 10.4 Å². The average molecular weight is 393 g/mol. The molecule has 0 aliphatic carbocycles. The van der Waals surface area contributed by atoms with Crippen LogP contribution in [0.25, 0.3) is 10.8 Å². The number of rotatable bonds is 6. The highest BCUT2D eigenvalue weighted by Crippen LogP contribution is 2.19. The first-order valence-electron chi connectivity index (χ1n) is 10.2. The summed E-state index contributed by atoms with van der Waals surface area (Å²) in [5.74, 6) is 0. The molecule has 29 heavy (non-hydrogen) atoms. The van der Waals surface area contributed by atoms with Gasteiger partial charge in [-0.15, -0.1) is 0 Å². The molecule has 3 aromatic rings. The molecule has 0 fully saturated rings. The number of aromatic nitrogens is 2. The zero-order valence-corrected chi connectivity index (χ0v) is 17.0. The van der Waals surface area contributed by atoms with Gasteiger partial charge in [0.05, 0.1) is 24.2 Å². The van der Waals surface area contributed by atoms with Crippen molar-refractivity contribution in [2.75, 3.05) is 18.4 Å². The Morgan fingerprint density at radius 2 is 1.93 bits per heavy atom. The molecule has 1 atom stereocenters. The molecule has 152 valence electrons. The normalized spacial score (nSPS) is 15.4. The van der Waals surface area contributed by atoms with E-state index < -0.39 is 6.10 Å². The molecule has 6 nitrogen and oxygen atoms in total. The third-order valence-corrected chi connectivity index (χ3v) is 5.37. The molecular weight excluding hydrogens is 364 g/mol. The quantitative estimate of drug-likeness (QED) is 0.675. The van der Waals surface area contributed by atoms with Gasteiger partial charge in [-0.2, -0.15) is 5.10 Å². The minimum absolute atomic E-state index is 0.165. The maximum atomic E-state index is 12.8. The van der Waals surface area contributed by atoms with E-state index >= 15 is 0 Å². The van der Waals surface area contributed by atoms with E-state index in [-0.39, 0.29) is 12.1 Å². The van der Waals surface area contributed by atoms with Crippen molar-refractivity contribution in [3.8, 4) is 0 Å². The zero-order chi connectivity index (χ0) is 20.4. The molecule has 2 N–H and O–H groups in total. The van der Waals surface area contributed by atoms with E-state index in [4.69, 9.17) is 0 Å². The molecule has 0 saturated carbocycles. The highest BCUT2D eigenvalue weighted by molar-refractivity contribution is 5.84. The van der Waals surface area contributed by atoms with Crippen LogP contribution in [0, 0.1) is 0 Å². The smallest absolute Gasteiger partial charge is 0.274 e. The van der Waals surface area contributed by atoms with Gasteiger partial charge in [-0.05, 0) is 49.6 Å². The summed E-state index contributed by atoms with van der Waals surface area (Å²) in [6.07, 6.45) is 2.04. The van der Waals surface area contributed by atoms with Crippen LogP contribution in [0.4, 0.5) is 5.69 Å². The molecule has 2 heterocycles. The molecule has 1 aliphatic heterocycles. The van der Waals surface area contributed by atoms with E-state index in [1.807, 2.05) is 18.2 Å². The highest BCUT2D eigenvalue weighted by atomic mass is 16.3. The van der Waals surface area contributed by atoms with Crippen LogP contribution in [0.3, 0.4) is 0 Å². The summed E-state index contributed by atoms with van der Waals surface area (Å²) in [4.78, 5) is 15.0. The van der Waals surface area contributed by atoms with Gasteiger partial charge in [-0.1, -0.05) is 24.3 Å². The molecule has 6 heteroatoms. The van der Waals surface area contributed by atoms with Gasteiger partial charge in [0.15, 0.2) is 0 Å². The highest BCUT2D eigenvalue weighted by Gasteiger charge is 2.19. The summed E-state index contributed by atoms with van der Waals surface area (Å²) in [5, 5.41) is 19.6. The first kappa shape index (κ1) is 19.6. The Morgan fingerprint density at radius 3 is 2.72 bits per heavy atom. The SMILES string of the molecule is CC(C)Nc1ccc2c(=O)n(C[C@H](O)CN3CCc4ccccc4C3)ncc2c1. The zero-order valence-electron chi connectivity index (χ0n) is 17.0. The summed E-state index contributed by atoms with van der Waals surface area (Å²) in [7, 11) is 0.